The van der Waals surface area contributed by atoms with Gasteiger partial charge >= 0.3 is 0 Å². The Balaban J connectivity index is 1.63. The largest absolute Gasteiger partial charge is 0.497 e. The lowest BCUT2D eigenvalue weighted by atomic mass is 10.2. The molecule has 1 amide bonds. The van der Waals surface area contributed by atoms with E-state index in [4.69, 9.17) is 9.47 Å². The molecule has 0 spiro atoms. The molecule has 2 heterocycles. The molecule has 3 rings (SSSR count). The number of nitrogens with one attached hydrogen (secondary N) is 1. The van der Waals surface area contributed by atoms with E-state index in [9.17, 15) is 4.79 Å². The summed E-state index contributed by atoms with van der Waals surface area (Å²) in [5.74, 6) is 1.72. The summed E-state index contributed by atoms with van der Waals surface area (Å²) >= 11 is 0. The van der Waals surface area contributed by atoms with Gasteiger partial charge in [0.25, 0.3) is 0 Å². The van der Waals surface area contributed by atoms with E-state index in [-0.39, 0.29) is 12.0 Å². The van der Waals surface area contributed by atoms with E-state index in [0.717, 1.165) is 35.4 Å². The van der Waals surface area contributed by atoms with Gasteiger partial charge in [0.15, 0.2) is 0 Å². The van der Waals surface area contributed by atoms with Crippen molar-refractivity contribution in [2.45, 2.75) is 25.4 Å². The Kier molecular flexibility index (Phi) is 4.29. The number of hydrogen-bond acceptors (Lipinski definition) is 4. The highest BCUT2D eigenvalue weighted by Crippen LogP contribution is 2.21. The normalized spacial score (nSPS) is 17.8. The number of amides is 1. The number of methoxy groups -OCH3 is 1. The molecule has 1 fully saturated rings. The zero-order chi connectivity index (χ0) is 15.5. The van der Waals surface area contributed by atoms with Gasteiger partial charge in [0.2, 0.25) is 5.91 Å². The van der Waals surface area contributed by atoms with Crippen molar-refractivity contribution in [1.29, 1.82) is 0 Å². The lowest BCUT2D eigenvalue weighted by molar-refractivity contribution is -0.130. The average Bonchev–Trinajstić information content (AvgIpc) is 3.16. The van der Waals surface area contributed by atoms with E-state index in [1.165, 1.54) is 0 Å². The quantitative estimate of drug-likeness (QED) is 0.907. The predicted octanol–water partition coefficient (Wildman–Crippen LogP) is 1.42. The monoisotopic (exact) mass is 303 g/mol. The highest BCUT2D eigenvalue weighted by atomic mass is 16.5. The highest BCUT2D eigenvalue weighted by molar-refractivity contribution is 5.81. The molecule has 1 aliphatic heterocycles. The second-order valence-electron chi connectivity index (χ2n) is 5.48. The second kappa shape index (κ2) is 6.36. The number of benzene rings is 1. The third kappa shape index (κ3) is 2.92. The summed E-state index contributed by atoms with van der Waals surface area (Å²) in [7, 11) is 3.63. The van der Waals surface area contributed by atoms with E-state index in [1.54, 1.807) is 7.11 Å². The minimum Gasteiger partial charge on any atom is -0.497 e. The van der Waals surface area contributed by atoms with Gasteiger partial charge in [-0.05, 0) is 25.0 Å². The molecule has 1 N–H and O–H groups in total. The predicted molar refractivity (Wildman–Crippen MR) is 83.0 cm³/mol. The van der Waals surface area contributed by atoms with Crippen molar-refractivity contribution in [2.75, 3.05) is 20.3 Å². The number of aromatic nitrogens is 2. The first kappa shape index (κ1) is 14.8. The molecular formula is C16H21N3O3. The Labute approximate surface area is 129 Å². The fourth-order valence-corrected chi connectivity index (χ4v) is 2.78. The minimum absolute atomic E-state index is 0.0158. The van der Waals surface area contributed by atoms with E-state index in [0.29, 0.717) is 19.6 Å². The van der Waals surface area contributed by atoms with Gasteiger partial charge in [-0.15, -0.1) is 0 Å². The van der Waals surface area contributed by atoms with E-state index in [1.807, 2.05) is 29.8 Å². The molecule has 6 heteroatoms. The topological polar surface area (TPSA) is 65.4 Å². The SMILES string of the molecule is COc1ccc2c(c1)nc(CCNC(=O)C1CCCO1)n2C. The van der Waals surface area contributed by atoms with Crippen LogP contribution in [0.5, 0.6) is 5.75 Å². The van der Waals surface area contributed by atoms with Crippen LogP contribution in [0.1, 0.15) is 18.7 Å². The summed E-state index contributed by atoms with van der Waals surface area (Å²) < 4.78 is 12.6. The fourth-order valence-electron chi connectivity index (χ4n) is 2.78. The van der Waals surface area contributed by atoms with Crippen molar-refractivity contribution in [2.24, 2.45) is 7.05 Å². The Morgan fingerprint density at radius 1 is 1.55 bits per heavy atom. The standard InChI is InChI=1S/C16H21N3O3/c1-19-13-6-5-11(21-2)10-12(13)18-15(19)7-8-17-16(20)14-4-3-9-22-14/h5-6,10,14H,3-4,7-9H2,1-2H3,(H,17,20). The van der Waals surface area contributed by atoms with Gasteiger partial charge < -0.3 is 19.4 Å². The van der Waals surface area contributed by atoms with Crippen molar-refractivity contribution >= 4 is 16.9 Å². The Morgan fingerprint density at radius 2 is 2.41 bits per heavy atom. The van der Waals surface area contributed by atoms with Crippen LogP contribution in [0, 0.1) is 0 Å². The van der Waals surface area contributed by atoms with Gasteiger partial charge in [-0.25, -0.2) is 4.98 Å². The molecule has 6 nitrogen and oxygen atoms in total. The summed E-state index contributed by atoms with van der Waals surface area (Å²) in [6.45, 7) is 1.25. The number of ether oxygens (including phenoxy) is 2. The van der Waals surface area contributed by atoms with Crippen LogP contribution in [-0.4, -0.2) is 41.8 Å². The summed E-state index contributed by atoms with van der Waals surface area (Å²) in [5.41, 5.74) is 1.96. The van der Waals surface area contributed by atoms with Gasteiger partial charge in [0.05, 0.1) is 18.1 Å². The third-order valence-electron chi connectivity index (χ3n) is 4.05. The minimum atomic E-state index is -0.273. The Morgan fingerprint density at radius 3 is 3.14 bits per heavy atom. The first-order valence-corrected chi connectivity index (χ1v) is 7.57. The number of fused-ring (bicyclic) bond motifs is 1. The molecule has 2 aromatic rings. The smallest absolute Gasteiger partial charge is 0.249 e. The number of hydrogen-bond donors (Lipinski definition) is 1. The molecule has 0 saturated carbocycles. The zero-order valence-electron chi connectivity index (χ0n) is 13.0. The van der Waals surface area contributed by atoms with Crippen LogP contribution in [0.25, 0.3) is 11.0 Å². The van der Waals surface area contributed by atoms with Crippen molar-refractivity contribution in [3.8, 4) is 5.75 Å². The van der Waals surface area contributed by atoms with Gasteiger partial charge in [-0.2, -0.15) is 0 Å². The van der Waals surface area contributed by atoms with E-state index < -0.39 is 0 Å². The number of carbonyl (C=O) groups is 1. The number of imidazole rings is 1. The van der Waals surface area contributed by atoms with Gasteiger partial charge in [0.1, 0.15) is 17.7 Å². The van der Waals surface area contributed by atoms with Crippen LogP contribution in [0.15, 0.2) is 18.2 Å². The van der Waals surface area contributed by atoms with Crippen LogP contribution in [-0.2, 0) is 23.0 Å². The first-order valence-electron chi connectivity index (χ1n) is 7.57. The van der Waals surface area contributed by atoms with Crippen molar-refractivity contribution < 1.29 is 14.3 Å². The average molecular weight is 303 g/mol. The fraction of sp³-hybridized carbons (Fsp3) is 0.500. The van der Waals surface area contributed by atoms with E-state index in [2.05, 4.69) is 10.3 Å². The van der Waals surface area contributed by atoms with Crippen molar-refractivity contribution in [3.63, 3.8) is 0 Å². The van der Waals surface area contributed by atoms with Crippen LogP contribution in [0.2, 0.25) is 0 Å². The van der Waals surface area contributed by atoms with Crippen LogP contribution in [0.3, 0.4) is 0 Å². The van der Waals surface area contributed by atoms with E-state index >= 15 is 0 Å². The molecule has 1 saturated heterocycles. The molecule has 0 radical (unpaired) electrons. The van der Waals surface area contributed by atoms with Crippen molar-refractivity contribution in [1.82, 2.24) is 14.9 Å². The molecule has 22 heavy (non-hydrogen) atoms. The second-order valence-corrected chi connectivity index (χ2v) is 5.48. The van der Waals surface area contributed by atoms with Gasteiger partial charge in [-0.3, -0.25) is 4.79 Å². The Hall–Kier alpha value is -2.08. The maximum Gasteiger partial charge on any atom is 0.249 e. The van der Waals surface area contributed by atoms with Crippen molar-refractivity contribution in [3.05, 3.63) is 24.0 Å². The number of nitrogens with zero attached hydrogens (tertiary/aromatic N) is 2. The number of aryl methyl sites for hydroxylation is 1. The molecule has 1 unspecified atom stereocenters. The molecular weight excluding hydrogens is 282 g/mol. The molecule has 1 aromatic heterocycles. The van der Waals surface area contributed by atoms with Crippen LogP contribution in [0.4, 0.5) is 0 Å². The van der Waals surface area contributed by atoms with Gasteiger partial charge in [-0.1, -0.05) is 0 Å². The molecule has 1 aromatic carbocycles. The first-order chi connectivity index (χ1) is 10.7. The third-order valence-corrected chi connectivity index (χ3v) is 4.05. The molecule has 118 valence electrons. The Bertz CT molecular complexity index is 675. The summed E-state index contributed by atoms with van der Waals surface area (Å²) in [5, 5.41) is 2.93. The maximum atomic E-state index is 11.9. The summed E-state index contributed by atoms with van der Waals surface area (Å²) in [6.07, 6.45) is 2.19. The molecule has 1 atom stereocenters. The lowest BCUT2D eigenvalue weighted by Gasteiger charge is -2.10. The summed E-state index contributed by atoms with van der Waals surface area (Å²) in [6, 6.07) is 5.84. The lowest BCUT2D eigenvalue weighted by Crippen LogP contribution is -2.35. The van der Waals surface area contributed by atoms with Crippen LogP contribution >= 0.6 is 0 Å². The highest BCUT2D eigenvalue weighted by Gasteiger charge is 2.23. The maximum absolute atomic E-state index is 11.9. The summed E-state index contributed by atoms with van der Waals surface area (Å²) in [4.78, 5) is 16.5. The molecule has 0 aliphatic carbocycles. The number of carbonyl (C=O) groups excluding carboxylic acids is 1. The number of rotatable bonds is 5. The van der Waals surface area contributed by atoms with Gasteiger partial charge in [0, 0.05) is 32.7 Å². The van der Waals surface area contributed by atoms with Crippen LogP contribution < -0.4 is 10.1 Å². The molecule has 1 aliphatic rings. The zero-order valence-corrected chi connectivity index (χ0v) is 13.0. The molecule has 0 bridgehead atoms.